The van der Waals surface area contributed by atoms with E-state index in [9.17, 15) is 16.8 Å². The Labute approximate surface area is 189 Å². The summed E-state index contributed by atoms with van der Waals surface area (Å²) in [6, 6.07) is 15.1. The van der Waals surface area contributed by atoms with Crippen molar-refractivity contribution in [1.29, 1.82) is 0 Å². The zero-order chi connectivity index (χ0) is 23.4. The second-order valence-corrected chi connectivity index (χ2v) is 11.3. The smallest absolute Gasteiger partial charge is 0.261 e. The molecule has 1 aliphatic heterocycles. The van der Waals surface area contributed by atoms with E-state index in [1.54, 1.807) is 30.3 Å². The monoisotopic (exact) mass is 476 g/mol. The van der Waals surface area contributed by atoms with Crippen LogP contribution in [0.25, 0.3) is 17.0 Å². The van der Waals surface area contributed by atoms with Gasteiger partial charge in [0.15, 0.2) is 9.84 Å². The molecular formula is C23H28N2O5S2. The molecule has 1 aliphatic rings. The summed E-state index contributed by atoms with van der Waals surface area (Å²) >= 11 is 0. The molecule has 0 spiro atoms. The second kappa shape index (κ2) is 9.99. The van der Waals surface area contributed by atoms with Gasteiger partial charge in [-0.2, -0.15) is 8.42 Å². The molecule has 7 nitrogen and oxygen atoms in total. The third kappa shape index (κ3) is 6.77. The summed E-state index contributed by atoms with van der Waals surface area (Å²) in [6.45, 7) is 1.17. The van der Waals surface area contributed by atoms with E-state index in [4.69, 9.17) is 4.55 Å². The number of hydrogen-bond acceptors (Lipinski definition) is 5. The molecule has 9 heteroatoms. The Morgan fingerprint density at radius 1 is 1.12 bits per heavy atom. The topological polar surface area (TPSA) is 108 Å². The Bertz CT molecular complexity index is 1290. The number of hydrogen-bond donors (Lipinski definition) is 2. The molecule has 0 saturated carbocycles. The van der Waals surface area contributed by atoms with Crippen molar-refractivity contribution < 1.29 is 21.4 Å². The highest BCUT2D eigenvalue weighted by atomic mass is 32.2. The summed E-state index contributed by atoms with van der Waals surface area (Å²) in [5.41, 5.74) is 3.28. The van der Waals surface area contributed by atoms with Crippen molar-refractivity contribution in [3.8, 4) is 0 Å². The molecule has 0 radical (unpaired) electrons. The lowest BCUT2D eigenvalue weighted by molar-refractivity contribution is 0.310. The van der Waals surface area contributed by atoms with Crippen LogP contribution < -0.4 is 0 Å². The van der Waals surface area contributed by atoms with Crippen LogP contribution in [0.1, 0.15) is 24.0 Å². The lowest BCUT2D eigenvalue weighted by atomic mass is 10.0. The van der Waals surface area contributed by atoms with Crippen LogP contribution >= 0.6 is 0 Å². The van der Waals surface area contributed by atoms with Gasteiger partial charge in [-0.05, 0) is 74.3 Å². The summed E-state index contributed by atoms with van der Waals surface area (Å²) in [5.74, 6) is 0. The number of aromatic amines is 1. The maximum absolute atomic E-state index is 12.5. The fourth-order valence-electron chi connectivity index (χ4n) is 3.82. The van der Waals surface area contributed by atoms with E-state index in [-0.39, 0.29) is 0 Å². The van der Waals surface area contributed by atoms with Gasteiger partial charge in [-0.15, -0.1) is 0 Å². The zero-order valence-corrected chi connectivity index (χ0v) is 19.7. The maximum Gasteiger partial charge on any atom is 0.261 e. The summed E-state index contributed by atoms with van der Waals surface area (Å²) in [5, 5.41) is 2.47. The third-order valence-electron chi connectivity index (χ3n) is 5.43. The zero-order valence-electron chi connectivity index (χ0n) is 18.1. The van der Waals surface area contributed by atoms with E-state index in [0.29, 0.717) is 17.2 Å². The van der Waals surface area contributed by atoms with Crippen molar-refractivity contribution >= 4 is 36.9 Å². The number of likely N-dealkylation sites (N-methyl/N-ethyl adjacent to an activating group) is 1. The first kappa shape index (κ1) is 24.2. The standard InChI is InChI=1S/C22H24N2O2S.CH4O3S/c1-24-12-5-6-19(24)15-18-16-23-22-10-9-17(14-21(18)22)11-13-27(25,26)20-7-3-2-4-8-20;1-5(2,3)4/h2-4,7-11,13-14,16,19,23H,5-6,12,15H2,1H3;1H3,(H,2,3,4)/b13-11+;/t19-;/m1./s1. The van der Waals surface area contributed by atoms with Gasteiger partial charge in [0.25, 0.3) is 10.1 Å². The first-order valence-electron chi connectivity index (χ1n) is 10.2. The number of rotatable bonds is 5. The van der Waals surface area contributed by atoms with Crippen LogP contribution in [0, 0.1) is 0 Å². The van der Waals surface area contributed by atoms with Crippen molar-refractivity contribution in [2.45, 2.75) is 30.2 Å². The van der Waals surface area contributed by atoms with Gasteiger partial charge in [0.2, 0.25) is 0 Å². The number of nitrogens with zero attached hydrogens (tertiary/aromatic N) is 1. The van der Waals surface area contributed by atoms with Crippen LogP contribution in [-0.2, 0) is 26.4 Å². The molecule has 172 valence electrons. The van der Waals surface area contributed by atoms with E-state index >= 15 is 0 Å². The number of sulfone groups is 1. The molecule has 1 fully saturated rings. The van der Waals surface area contributed by atoms with Crippen molar-refractivity contribution in [2.24, 2.45) is 0 Å². The predicted molar refractivity (Wildman–Crippen MR) is 128 cm³/mol. The summed E-state index contributed by atoms with van der Waals surface area (Å²) in [4.78, 5) is 6.08. The number of H-pyrrole nitrogens is 1. The highest BCUT2D eigenvalue weighted by Gasteiger charge is 2.22. The lowest BCUT2D eigenvalue weighted by Gasteiger charge is -2.18. The highest BCUT2D eigenvalue weighted by Crippen LogP contribution is 2.26. The van der Waals surface area contributed by atoms with Crippen molar-refractivity contribution in [1.82, 2.24) is 9.88 Å². The van der Waals surface area contributed by atoms with Gasteiger partial charge in [-0.3, -0.25) is 4.55 Å². The second-order valence-electron chi connectivity index (χ2n) is 7.99. The summed E-state index contributed by atoms with van der Waals surface area (Å²) in [7, 11) is -4.91. The van der Waals surface area contributed by atoms with E-state index in [1.807, 2.05) is 18.2 Å². The van der Waals surface area contributed by atoms with E-state index in [2.05, 4.69) is 29.2 Å². The van der Waals surface area contributed by atoms with Crippen LogP contribution in [0.3, 0.4) is 0 Å². The Hall–Kier alpha value is -2.46. The van der Waals surface area contributed by atoms with Gasteiger partial charge in [0, 0.05) is 28.5 Å². The molecule has 4 rings (SSSR count). The maximum atomic E-state index is 12.5. The lowest BCUT2D eigenvalue weighted by Crippen LogP contribution is -2.26. The molecule has 2 aromatic carbocycles. The van der Waals surface area contributed by atoms with Gasteiger partial charge < -0.3 is 9.88 Å². The van der Waals surface area contributed by atoms with E-state index in [0.717, 1.165) is 17.5 Å². The number of aromatic nitrogens is 1. The Morgan fingerprint density at radius 2 is 1.81 bits per heavy atom. The average molecular weight is 477 g/mol. The van der Waals surface area contributed by atoms with Crippen LogP contribution in [-0.4, -0.2) is 57.2 Å². The van der Waals surface area contributed by atoms with Crippen LogP contribution in [0.2, 0.25) is 0 Å². The van der Waals surface area contributed by atoms with Gasteiger partial charge >= 0.3 is 0 Å². The molecular weight excluding hydrogens is 448 g/mol. The Morgan fingerprint density at radius 3 is 2.44 bits per heavy atom. The molecule has 32 heavy (non-hydrogen) atoms. The van der Waals surface area contributed by atoms with Crippen molar-refractivity contribution in [2.75, 3.05) is 19.8 Å². The first-order valence-corrected chi connectivity index (χ1v) is 13.6. The van der Waals surface area contributed by atoms with Crippen LogP contribution in [0.5, 0.6) is 0 Å². The molecule has 0 amide bonds. The minimum Gasteiger partial charge on any atom is -0.361 e. The summed E-state index contributed by atoms with van der Waals surface area (Å²) < 4.78 is 50.8. The van der Waals surface area contributed by atoms with Gasteiger partial charge in [0.1, 0.15) is 0 Å². The normalized spacial score (nSPS) is 17.5. The quantitative estimate of drug-likeness (QED) is 0.543. The summed E-state index contributed by atoms with van der Waals surface area (Å²) in [6.07, 6.45) is 8.00. The van der Waals surface area contributed by atoms with Gasteiger partial charge in [-0.1, -0.05) is 24.3 Å². The molecule has 2 heterocycles. The largest absolute Gasteiger partial charge is 0.361 e. The minimum atomic E-state index is -3.67. The number of fused-ring (bicyclic) bond motifs is 1. The van der Waals surface area contributed by atoms with Crippen LogP contribution in [0.15, 0.2) is 65.0 Å². The third-order valence-corrected chi connectivity index (χ3v) is 6.85. The van der Waals surface area contributed by atoms with E-state index in [1.165, 1.54) is 35.7 Å². The highest BCUT2D eigenvalue weighted by molar-refractivity contribution is 7.94. The van der Waals surface area contributed by atoms with Gasteiger partial charge in [-0.25, -0.2) is 8.42 Å². The molecule has 0 aliphatic carbocycles. The molecule has 0 unspecified atom stereocenters. The van der Waals surface area contributed by atoms with Crippen LogP contribution in [0.4, 0.5) is 0 Å². The Kier molecular flexibility index (Phi) is 7.55. The SMILES string of the molecule is CN1CCC[C@@H]1Cc1c[nH]c2ccc(/C=C/S(=O)(=O)c3ccccc3)cc12.CS(=O)(=O)O. The fourth-order valence-corrected chi connectivity index (χ4v) is 4.85. The predicted octanol–water partition coefficient (Wildman–Crippen LogP) is 3.75. The number of likely N-dealkylation sites (tertiary alicyclic amines) is 1. The molecule has 1 atom stereocenters. The van der Waals surface area contributed by atoms with Gasteiger partial charge in [0.05, 0.1) is 11.2 Å². The average Bonchev–Trinajstić information content (AvgIpc) is 3.32. The molecule has 2 N–H and O–H groups in total. The number of nitrogens with one attached hydrogen (secondary N) is 1. The van der Waals surface area contributed by atoms with E-state index < -0.39 is 20.0 Å². The Balaban J connectivity index is 0.000000523. The molecule has 3 aromatic rings. The molecule has 1 aromatic heterocycles. The van der Waals surface area contributed by atoms with Crippen molar-refractivity contribution in [3.05, 3.63) is 71.3 Å². The number of benzene rings is 2. The first-order chi connectivity index (χ1) is 15.0. The molecule has 0 bridgehead atoms. The fraction of sp³-hybridized carbons (Fsp3) is 0.304. The molecule has 1 saturated heterocycles. The minimum absolute atomic E-state index is 0.314. The van der Waals surface area contributed by atoms with Crippen molar-refractivity contribution in [3.63, 3.8) is 0 Å².